The van der Waals surface area contributed by atoms with Crippen LogP contribution in [-0.2, 0) is 38.8 Å². The van der Waals surface area contributed by atoms with Crippen molar-refractivity contribution in [2.45, 2.75) is 95.2 Å². The fourth-order valence-corrected chi connectivity index (χ4v) is 10.2. The normalized spacial score (nSPS) is 38.7. The molecule has 6 saturated carbocycles. The number of fused-ring (bicyclic) bond motifs is 1. The molecule has 7 aliphatic rings. The Morgan fingerprint density at radius 1 is 0.953 bits per heavy atom. The molecule has 1 saturated heterocycles. The zero-order chi connectivity index (χ0) is 30.7. The number of hydrogen-bond donors (Lipinski definition) is 0. The summed E-state index contributed by atoms with van der Waals surface area (Å²) in [4.78, 5) is 53.2. The molecule has 6 aliphatic carbocycles. The van der Waals surface area contributed by atoms with Crippen LogP contribution in [0, 0.1) is 46.8 Å². The third-order valence-electron chi connectivity index (χ3n) is 11.3. The second-order valence-electron chi connectivity index (χ2n) is 14.5. The molecule has 8 rings (SSSR count). The highest BCUT2D eigenvalue weighted by molar-refractivity contribution is 7.85. The molecule has 43 heavy (non-hydrogen) atoms. The molecule has 1 aliphatic heterocycles. The number of ether oxygens (including phenoxy) is 3. The Morgan fingerprint density at radius 2 is 1.56 bits per heavy atom. The number of rotatable bonds is 7. The number of carbonyl (C=O) groups is 4. The van der Waals surface area contributed by atoms with Gasteiger partial charge in [0.2, 0.25) is 0 Å². The summed E-state index contributed by atoms with van der Waals surface area (Å²) in [7, 11) is -4.75. The molecule has 1 heterocycles. The molecule has 7 fully saturated rings. The quantitative estimate of drug-likeness (QED) is 0.252. The summed E-state index contributed by atoms with van der Waals surface area (Å²) in [6.07, 6.45) is 2.49. The minimum Gasteiger partial charge on any atom is -0.744 e. The monoisotopic (exact) mass is 613 g/mol. The summed E-state index contributed by atoms with van der Waals surface area (Å²) in [5, 5.41) is 0. The van der Waals surface area contributed by atoms with E-state index in [4.69, 9.17) is 14.2 Å². The molecule has 0 aromatic heterocycles. The summed E-state index contributed by atoms with van der Waals surface area (Å²) >= 11 is 0. The van der Waals surface area contributed by atoms with Crippen molar-refractivity contribution in [1.82, 2.24) is 0 Å². The van der Waals surface area contributed by atoms with Gasteiger partial charge in [-0.1, -0.05) is 27.7 Å². The van der Waals surface area contributed by atoms with Crippen LogP contribution in [0.15, 0.2) is 17.0 Å². The van der Waals surface area contributed by atoms with Crippen LogP contribution in [0.2, 0.25) is 0 Å². The summed E-state index contributed by atoms with van der Waals surface area (Å²) in [5.74, 6) is -3.77. The average Bonchev–Trinajstić information content (AvgIpc) is 3.54. The van der Waals surface area contributed by atoms with Gasteiger partial charge < -0.3 is 18.8 Å². The maximum absolute atomic E-state index is 14.0. The minimum absolute atomic E-state index is 0.0939. The average molecular weight is 614 g/mol. The van der Waals surface area contributed by atoms with Crippen molar-refractivity contribution in [3.05, 3.63) is 23.3 Å². The highest BCUT2D eigenvalue weighted by atomic mass is 32.2. The zero-order valence-electron chi connectivity index (χ0n) is 24.7. The molecule has 0 spiro atoms. The van der Waals surface area contributed by atoms with E-state index in [1.54, 1.807) is 0 Å². The highest BCUT2D eigenvalue weighted by Gasteiger charge is 2.71. The summed E-state index contributed by atoms with van der Waals surface area (Å²) in [6.45, 7) is 7.23. The molecule has 10 nitrogen and oxygen atoms in total. The summed E-state index contributed by atoms with van der Waals surface area (Å²) in [6, 6.07) is 2.51. The van der Waals surface area contributed by atoms with Crippen molar-refractivity contribution in [1.29, 1.82) is 0 Å². The lowest BCUT2D eigenvalue weighted by Gasteiger charge is -2.54. The first kappa shape index (κ1) is 29.0. The molecule has 6 bridgehead atoms. The Bertz CT molecular complexity index is 1500. The van der Waals surface area contributed by atoms with E-state index in [0.29, 0.717) is 42.7 Å². The van der Waals surface area contributed by atoms with E-state index in [1.165, 1.54) is 12.1 Å². The van der Waals surface area contributed by atoms with Gasteiger partial charge >= 0.3 is 17.9 Å². The highest BCUT2D eigenvalue weighted by Crippen LogP contribution is 2.62. The minimum atomic E-state index is -4.75. The standard InChI is InChI=1S/C32H38O10S/c1-13(2)19-7-18(43(37,38)39)8-20(14(3)4)26(19)40-29(34)24-22-9-21-23(24)30(35)41-27(21)28(22)42-31(36)32-10-15-5-16(11-32)25(33)17(6-15)12-32/h7-8,13-17,21-24,27-28H,5-6,9-12H2,1-4H3,(H,37,38,39)/p-1. The SMILES string of the molecule is CC(C)c1cc(S(=O)(=O)[O-])cc(C(C)C)c1OC(=O)C1C2CC3C(OC(=O)C31)C2OC(=O)C12CC3CC(C1)C(=O)C(C3)C2. The van der Waals surface area contributed by atoms with Crippen LogP contribution >= 0.6 is 0 Å². The first-order chi connectivity index (χ1) is 20.2. The fourth-order valence-electron chi connectivity index (χ4n) is 9.65. The topological polar surface area (TPSA) is 153 Å². The molecule has 1 aromatic carbocycles. The predicted octanol–water partition coefficient (Wildman–Crippen LogP) is 3.86. The van der Waals surface area contributed by atoms with E-state index in [2.05, 4.69) is 0 Å². The van der Waals surface area contributed by atoms with Crippen molar-refractivity contribution in [3.63, 3.8) is 0 Å². The lowest BCUT2D eigenvalue weighted by atomic mass is 9.49. The Labute approximate surface area is 251 Å². The Balaban J connectivity index is 1.17. The number of esters is 3. The molecule has 0 N–H and O–H groups in total. The smallest absolute Gasteiger partial charge is 0.315 e. The van der Waals surface area contributed by atoms with Gasteiger partial charge in [0.25, 0.3) is 0 Å². The van der Waals surface area contributed by atoms with Gasteiger partial charge in [0.1, 0.15) is 33.9 Å². The van der Waals surface area contributed by atoms with Gasteiger partial charge in [-0.25, -0.2) is 8.42 Å². The molecular weight excluding hydrogens is 576 g/mol. The maximum atomic E-state index is 14.0. The summed E-state index contributed by atoms with van der Waals surface area (Å²) < 4.78 is 53.7. The molecule has 232 valence electrons. The molecule has 8 atom stereocenters. The second-order valence-corrected chi connectivity index (χ2v) is 15.9. The first-order valence-electron chi connectivity index (χ1n) is 15.5. The summed E-state index contributed by atoms with van der Waals surface area (Å²) in [5.41, 5.74) is 0.110. The van der Waals surface area contributed by atoms with Crippen LogP contribution < -0.4 is 4.74 Å². The number of hydrogen-bond acceptors (Lipinski definition) is 10. The van der Waals surface area contributed by atoms with Crippen LogP contribution in [0.25, 0.3) is 0 Å². The first-order valence-corrected chi connectivity index (χ1v) is 16.9. The molecular formula is C32H37O10S-. The number of benzene rings is 1. The van der Waals surface area contributed by atoms with Gasteiger partial charge in [-0.3, -0.25) is 19.2 Å². The Kier molecular flexibility index (Phi) is 6.47. The Morgan fingerprint density at radius 3 is 2.12 bits per heavy atom. The number of carbonyl (C=O) groups excluding carboxylic acids is 4. The van der Waals surface area contributed by atoms with Crippen molar-refractivity contribution in [2.24, 2.45) is 46.8 Å². The number of Topliss-reactive ketones (excluding diaryl/α,β-unsaturated/α-hetero) is 1. The molecule has 8 unspecified atom stereocenters. The van der Waals surface area contributed by atoms with E-state index >= 15 is 0 Å². The molecule has 0 radical (unpaired) electrons. The fraction of sp³-hybridized carbons (Fsp3) is 0.688. The largest absolute Gasteiger partial charge is 0.744 e. The van der Waals surface area contributed by atoms with E-state index in [-0.39, 0.29) is 52.0 Å². The molecule has 1 aromatic rings. The molecule has 0 amide bonds. The Hall–Kier alpha value is -2.79. The van der Waals surface area contributed by atoms with Gasteiger partial charge in [0, 0.05) is 23.7 Å². The van der Waals surface area contributed by atoms with Gasteiger partial charge in [0.05, 0.1) is 22.1 Å². The second kappa shape index (κ2) is 9.60. The third-order valence-corrected chi connectivity index (χ3v) is 12.2. The van der Waals surface area contributed by atoms with Gasteiger partial charge in [-0.2, -0.15) is 0 Å². The third kappa shape index (κ3) is 4.31. The van der Waals surface area contributed by atoms with E-state index < -0.39 is 57.4 Å². The van der Waals surface area contributed by atoms with Crippen molar-refractivity contribution >= 4 is 33.8 Å². The predicted molar refractivity (Wildman–Crippen MR) is 148 cm³/mol. The van der Waals surface area contributed by atoms with Crippen LogP contribution in [0.3, 0.4) is 0 Å². The zero-order valence-corrected chi connectivity index (χ0v) is 25.6. The van der Waals surface area contributed by atoms with Crippen molar-refractivity contribution in [2.75, 3.05) is 0 Å². The van der Waals surface area contributed by atoms with E-state index in [9.17, 15) is 32.1 Å². The lowest BCUT2D eigenvalue weighted by Crippen LogP contribution is -2.56. The lowest BCUT2D eigenvalue weighted by molar-refractivity contribution is -0.188. The number of ketones is 1. The van der Waals surface area contributed by atoms with E-state index in [0.717, 1.165) is 12.8 Å². The van der Waals surface area contributed by atoms with Crippen LogP contribution in [0.5, 0.6) is 5.75 Å². The van der Waals surface area contributed by atoms with Crippen molar-refractivity contribution < 1.29 is 46.4 Å². The van der Waals surface area contributed by atoms with Gasteiger partial charge in [0.15, 0.2) is 0 Å². The molecule has 11 heteroatoms. The maximum Gasteiger partial charge on any atom is 0.315 e. The van der Waals surface area contributed by atoms with Crippen molar-refractivity contribution in [3.8, 4) is 5.75 Å². The van der Waals surface area contributed by atoms with Gasteiger partial charge in [-0.15, -0.1) is 0 Å². The van der Waals surface area contributed by atoms with Crippen LogP contribution in [-0.4, -0.2) is 48.9 Å². The van der Waals surface area contributed by atoms with E-state index in [1.807, 2.05) is 27.7 Å². The van der Waals surface area contributed by atoms with Gasteiger partial charge in [-0.05, 0) is 79.5 Å². The van der Waals surface area contributed by atoms with Crippen LogP contribution in [0.4, 0.5) is 0 Å². The van der Waals surface area contributed by atoms with Crippen LogP contribution in [0.1, 0.15) is 89.2 Å².